The molecule has 0 radical (unpaired) electrons. The highest BCUT2D eigenvalue weighted by atomic mass is 16.6. The van der Waals surface area contributed by atoms with Gasteiger partial charge in [-0.25, -0.2) is 5.43 Å². The number of carbonyl (C=O) groups excluding carboxylic acids is 1. The number of nitrogens with zero attached hydrogens (tertiary/aromatic N) is 3. The van der Waals surface area contributed by atoms with Gasteiger partial charge in [0.15, 0.2) is 0 Å². The number of hydrazone groups is 1. The molecule has 33 heavy (non-hydrogen) atoms. The van der Waals surface area contributed by atoms with E-state index in [1.807, 2.05) is 54.6 Å². The topological polar surface area (TPSA) is 123 Å². The molecule has 9 heteroatoms. The summed E-state index contributed by atoms with van der Waals surface area (Å²) in [6.07, 6.45) is 1.33. The van der Waals surface area contributed by atoms with Crippen LogP contribution in [-0.4, -0.2) is 27.2 Å². The fraction of sp³-hybridized carbons (Fsp3) is 0.0417. The fourth-order valence-electron chi connectivity index (χ4n) is 3.06. The summed E-state index contributed by atoms with van der Waals surface area (Å²) in [5.41, 5.74) is 5.34. The van der Waals surface area contributed by atoms with E-state index in [-0.39, 0.29) is 11.4 Å². The predicted octanol–water partition coefficient (Wildman–Crippen LogP) is 4.33. The lowest BCUT2D eigenvalue weighted by Crippen LogP contribution is -2.18. The summed E-state index contributed by atoms with van der Waals surface area (Å²) in [5, 5.41) is 21.6. The minimum Gasteiger partial charge on any atom is -0.488 e. The Morgan fingerprint density at radius 2 is 1.85 bits per heavy atom. The van der Waals surface area contributed by atoms with E-state index in [4.69, 9.17) is 4.74 Å². The number of ether oxygens (including phenoxy) is 1. The largest absolute Gasteiger partial charge is 0.488 e. The van der Waals surface area contributed by atoms with Crippen molar-refractivity contribution in [3.05, 3.63) is 112 Å². The average Bonchev–Trinajstić information content (AvgIpc) is 3.34. The van der Waals surface area contributed by atoms with E-state index in [9.17, 15) is 14.9 Å². The lowest BCUT2D eigenvalue weighted by molar-refractivity contribution is -0.384. The zero-order chi connectivity index (χ0) is 23.0. The SMILES string of the molecule is O=C(N/N=C\c1cccc([N+](=O)[O-])c1)c1cc(-c2ccccc2OCc2ccccc2)n[nH]1. The van der Waals surface area contributed by atoms with Crippen LogP contribution in [0.25, 0.3) is 11.3 Å². The molecule has 0 saturated carbocycles. The second-order valence-corrected chi connectivity index (χ2v) is 6.99. The van der Waals surface area contributed by atoms with Gasteiger partial charge in [0, 0.05) is 23.3 Å². The number of aromatic nitrogens is 2. The van der Waals surface area contributed by atoms with Crippen LogP contribution >= 0.6 is 0 Å². The van der Waals surface area contributed by atoms with Crippen molar-refractivity contribution in [2.45, 2.75) is 6.61 Å². The first kappa shape index (κ1) is 21.4. The van der Waals surface area contributed by atoms with Crippen LogP contribution in [0.5, 0.6) is 5.75 Å². The lowest BCUT2D eigenvalue weighted by Gasteiger charge is -2.10. The minimum absolute atomic E-state index is 0.0587. The monoisotopic (exact) mass is 441 g/mol. The highest BCUT2D eigenvalue weighted by Crippen LogP contribution is 2.29. The van der Waals surface area contributed by atoms with Gasteiger partial charge in [0.25, 0.3) is 11.6 Å². The third-order valence-corrected chi connectivity index (χ3v) is 4.68. The number of rotatable bonds is 8. The highest BCUT2D eigenvalue weighted by molar-refractivity contribution is 5.94. The number of para-hydroxylation sites is 1. The molecule has 4 rings (SSSR count). The molecular formula is C24H19N5O4. The molecule has 0 aliphatic heterocycles. The van der Waals surface area contributed by atoms with E-state index in [0.717, 1.165) is 11.1 Å². The van der Waals surface area contributed by atoms with Crippen molar-refractivity contribution in [1.82, 2.24) is 15.6 Å². The minimum atomic E-state index is -0.502. The van der Waals surface area contributed by atoms with Crippen molar-refractivity contribution in [2.75, 3.05) is 0 Å². The molecule has 164 valence electrons. The lowest BCUT2D eigenvalue weighted by atomic mass is 10.1. The Balaban J connectivity index is 1.43. The van der Waals surface area contributed by atoms with Crippen molar-refractivity contribution in [1.29, 1.82) is 0 Å². The van der Waals surface area contributed by atoms with Gasteiger partial charge in [-0.2, -0.15) is 10.2 Å². The van der Waals surface area contributed by atoms with E-state index in [1.165, 1.54) is 18.3 Å². The van der Waals surface area contributed by atoms with E-state index in [1.54, 1.807) is 18.2 Å². The van der Waals surface area contributed by atoms with Crippen molar-refractivity contribution in [2.24, 2.45) is 5.10 Å². The number of amides is 1. The molecule has 0 fully saturated rings. The van der Waals surface area contributed by atoms with E-state index in [2.05, 4.69) is 20.7 Å². The fourth-order valence-corrected chi connectivity index (χ4v) is 3.06. The zero-order valence-corrected chi connectivity index (χ0v) is 17.3. The molecule has 0 unspecified atom stereocenters. The summed E-state index contributed by atoms with van der Waals surface area (Å²) in [5.74, 6) is 0.140. The molecule has 0 aliphatic rings. The number of nitro benzene ring substituents is 1. The van der Waals surface area contributed by atoms with Gasteiger partial charge in [0.1, 0.15) is 18.1 Å². The molecule has 1 heterocycles. The highest BCUT2D eigenvalue weighted by Gasteiger charge is 2.14. The number of non-ortho nitro benzene ring substituents is 1. The van der Waals surface area contributed by atoms with Crippen LogP contribution in [0.1, 0.15) is 21.6 Å². The first-order chi connectivity index (χ1) is 16.1. The van der Waals surface area contributed by atoms with Gasteiger partial charge in [-0.15, -0.1) is 0 Å². The molecule has 0 atom stereocenters. The number of hydrogen-bond acceptors (Lipinski definition) is 6. The van der Waals surface area contributed by atoms with Gasteiger partial charge < -0.3 is 4.74 Å². The standard InChI is InChI=1S/C24H19N5O4/c30-24(28-25-15-18-9-6-10-19(13-18)29(31)32)22-14-21(26-27-22)20-11-4-5-12-23(20)33-16-17-7-2-1-3-8-17/h1-15H,16H2,(H,26,27)(H,28,30)/b25-15-. The number of hydrogen-bond donors (Lipinski definition) is 2. The van der Waals surface area contributed by atoms with Crippen molar-refractivity contribution < 1.29 is 14.5 Å². The van der Waals surface area contributed by atoms with Crippen LogP contribution in [0.2, 0.25) is 0 Å². The van der Waals surface area contributed by atoms with Crippen LogP contribution in [-0.2, 0) is 6.61 Å². The Hall–Kier alpha value is -4.79. The molecule has 0 spiro atoms. The van der Waals surface area contributed by atoms with Crippen LogP contribution in [0.4, 0.5) is 5.69 Å². The van der Waals surface area contributed by atoms with Crippen LogP contribution < -0.4 is 10.2 Å². The molecule has 3 aromatic carbocycles. The third kappa shape index (κ3) is 5.47. The molecule has 0 bridgehead atoms. The van der Waals surface area contributed by atoms with Crippen molar-refractivity contribution in [3.63, 3.8) is 0 Å². The van der Waals surface area contributed by atoms with Crippen molar-refractivity contribution >= 4 is 17.8 Å². The van der Waals surface area contributed by atoms with Crippen LogP contribution in [0.15, 0.2) is 90.0 Å². The maximum atomic E-state index is 12.4. The van der Waals surface area contributed by atoms with Crippen LogP contribution in [0.3, 0.4) is 0 Å². The quantitative estimate of drug-likeness (QED) is 0.239. The smallest absolute Gasteiger partial charge is 0.289 e. The summed E-state index contributed by atoms with van der Waals surface area (Å²) in [4.78, 5) is 22.8. The van der Waals surface area contributed by atoms with E-state index < -0.39 is 10.8 Å². The first-order valence-electron chi connectivity index (χ1n) is 9.99. The first-order valence-corrected chi connectivity index (χ1v) is 9.99. The number of nitro groups is 1. The summed E-state index contributed by atoms with van der Waals surface area (Å²) in [6, 6.07) is 24.8. The maximum absolute atomic E-state index is 12.4. The van der Waals surface area contributed by atoms with Gasteiger partial charge in [-0.3, -0.25) is 20.0 Å². The third-order valence-electron chi connectivity index (χ3n) is 4.68. The maximum Gasteiger partial charge on any atom is 0.289 e. The van der Waals surface area contributed by atoms with Gasteiger partial charge in [0.2, 0.25) is 0 Å². The van der Waals surface area contributed by atoms with Gasteiger partial charge in [-0.05, 0) is 23.8 Å². The predicted molar refractivity (Wildman–Crippen MR) is 123 cm³/mol. The van der Waals surface area contributed by atoms with Gasteiger partial charge >= 0.3 is 0 Å². The van der Waals surface area contributed by atoms with Gasteiger partial charge in [-0.1, -0.05) is 54.6 Å². The molecule has 0 aliphatic carbocycles. The summed E-state index contributed by atoms with van der Waals surface area (Å²) >= 11 is 0. The summed E-state index contributed by atoms with van der Waals surface area (Å²) in [7, 11) is 0. The number of nitrogens with one attached hydrogen (secondary N) is 2. The molecule has 4 aromatic rings. The molecule has 2 N–H and O–H groups in total. The Bertz CT molecular complexity index is 1300. The Morgan fingerprint density at radius 1 is 1.06 bits per heavy atom. The molecule has 1 aromatic heterocycles. The number of benzene rings is 3. The van der Waals surface area contributed by atoms with E-state index in [0.29, 0.717) is 23.6 Å². The molecule has 1 amide bonds. The molecule has 9 nitrogen and oxygen atoms in total. The average molecular weight is 441 g/mol. The Morgan fingerprint density at radius 3 is 2.67 bits per heavy atom. The Labute approximate surface area is 188 Å². The number of aromatic amines is 1. The van der Waals surface area contributed by atoms with E-state index >= 15 is 0 Å². The second-order valence-electron chi connectivity index (χ2n) is 6.99. The number of carbonyl (C=O) groups is 1. The summed E-state index contributed by atoms with van der Waals surface area (Å²) < 4.78 is 5.96. The molecule has 0 saturated heterocycles. The number of H-pyrrole nitrogens is 1. The Kier molecular flexibility index (Phi) is 6.51. The van der Waals surface area contributed by atoms with Crippen molar-refractivity contribution in [3.8, 4) is 17.0 Å². The van der Waals surface area contributed by atoms with Crippen LogP contribution in [0, 0.1) is 10.1 Å². The normalized spacial score (nSPS) is 10.8. The van der Waals surface area contributed by atoms with Gasteiger partial charge in [0.05, 0.1) is 16.8 Å². The molecular weight excluding hydrogens is 422 g/mol. The second kappa shape index (κ2) is 10.0. The zero-order valence-electron chi connectivity index (χ0n) is 17.3. The summed E-state index contributed by atoms with van der Waals surface area (Å²) in [6.45, 7) is 0.405.